The number of fused-ring (bicyclic) bond motifs is 1. The van der Waals surface area contributed by atoms with Gasteiger partial charge in [-0.15, -0.1) is 0 Å². The summed E-state index contributed by atoms with van der Waals surface area (Å²) in [7, 11) is 0. The van der Waals surface area contributed by atoms with Crippen molar-refractivity contribution in [3.05, 3.63) is 53.6 Å². The third kappa shape index (κ3) is 3.28. The lowest BCUT2D eigenvalue weighted by Crippen LogP contribution is -2.14. The molecule has 6 nitrogen and oxygen atoms in total. The summed E-state index contributed by atoms with van der Waals surface area (Å²) in [6.45, 7) is 0.209. The minimum atomic E-state index is -0.744. The predicted molar refractivity (Wildman–Crippen MR) is 89.8 cm³/mol. The van der Waals surface area contributed by atoms with Crippen LogP contribution < -0.4 is 14.8 Å². The van der Waals surface area contributed by atoms with Gasteiger partial charge in [0, 0.05) is 5.69 Å². The molecule has 1 heterocycles. The highest BCUT2D eigenvalue weighted by molar-refractivity contribution is 5.92. The zero-order valence-electron chi connectivity index (χ0n) is 13.4. The number of hydrogen-bond donors (Lipinski definition) is 2. The van der Waals surface area contributed by atoms with Crippen molar-refractivity contribution in [2.45, 2.75) is 18.8 Å². The highest BCUT2D eigenvalue weighted by atomic mass is 16.7. The van der Waals surface area contributed by atoms with Gasteiger partial charge in [0.05, 0.1) is 12.3 Å². The molecular weight excluding hydrogens is 322 g/mol. The number of rotatable bonds is 5. The molecule has 128 valence electrons. The van der Waals surface area contributed by atoms with Crippen molar-refractivity contribution in [3.63, 3.8) is 0 Å². The van der Waals surface area contributed by atoms with Crippen molar-refractivity contribution >= 4 is 17.6 Å². The van der Waals surface area contributed by atoms with Crippen LogP contribution in [0.4, 0.5) is 5.69 Å². The second-order valence-electron chi connectivity index (χ2n) is 6.32. The number of ether oxygens (including phenoxy) is 2. The molecule has 0 bridgehead atoms. The molecule has 0 aromatic heterocycles. The Labute approximate surface area is 144 Å². The second-order valence-corrected chi connectivity index (χ2v) is 6.32. The maximum Gasteiger partial charge on any atom is 0.307 e. The van der Waals surface area contributed by atoms with Crippen LogP contribution in [0.5, 0.6) is 11.5 Å². The van der Waals surface area contributed by atoms with E-state index in [1.165, 1.54) is 0 Å². The van der Waals surface area contributed by atoms with E-state index in [9.17, 15) is 9.59 Å². The Hall–Kier alpha value is -3.02. The summed E-state index contributed by atoms with van der Waals surface area (Å²) in [6.07, 6.45) is 0.924. The lowest BCUT2D eigenvalue weighted by Gasteiger charge is -2.07. The summed E-state index contributed by atoms with van der Waals surface area (Å²) in [5.74, 6) is 0.307. The first-order valence-electron chi connectivity index (χ1n) is 8.11. The highest BCUT2D eigenvalue weighted by Crippen LogP contribution is 2.47. The van der Waals surface area contributed by atoms with Gasteiger partial charge in [-0.05, 0) is 47.7 Å². The van der Waals surface area contributed by atoms with Crippen molar-refractivity contribution in [1.29, 1.82) is 0 Å². The zero-order chi connectivity index (χ0) is 17.4. The fraction of sp³-hybridized carbons (Fsp3) is 0.263. The average molecular weight is 339 g/mol. The van der Waals surface area contributed by atoms with Crippen molar-refractivity contribution in [3.8, 4) is 11.5 Å². The summed E-state index contributed by atoms with van der Waals surface area (Å²) < 4.78 is 10.6. The first kappa shape index (κ1) is 15.5. The third-order valence-electron chi connectivity index (χ3n) is 4.53. The number of carbonyl (C=O) groups excluding carboxylic acids is 1. The van der Waals surface area contributed by atoms with E-state index in [0.29, 0.717) is 23.6 Å². The molecule has 1 saturated carbocycles. The Balaban J connectivity index is 1.35. The van der Waals surface area contributed by atoms with E-state index in [1.54, 1.807) is 6.07 Å². The van der Waals surface area contributed by atoms with E-state index in [4.69, 9.17) is 14.6 Å². The second kappa shape index (κ2) is 6.12. The molecule has 1 aliphatic heterocycles. The van der Waals surface area contributed by atoms with E-state index >= 15 is 0 Å². The van der Waals surface area contributed by atoms with Gasteiger partial charge in [0.2, 0.25) is 12.7 Å². The van der Waals surface area contributed by atoms with Crippen molar-refractivity contribution in [2.24, 2.45) is 5.92 Å². The van der Waals surface area contributed by atoms with Crippen LogP contribution in [0.25, 0.3) is 0 Å². The molecule has 2 aromatic carbocycles. The number of benzene rings is 2. The monoisotopic (exact) mass is 339 g/mol. The Morgan fingerprint density at radius 1 is 1.08 bits per heavy atom. The van der Waals surface area contributed by atoms with Gasteiger partial charge in [-0.25, -0.2) is 0 Å². The molecule has 1 fully saturated rings. The summed E-state index contributed by atoms with van der Waals surface area (Å²) >= 11 is 0. The van der Waals surface area contributed by atoms with Gasteiger partial charge in [-0.3, -0.25) is 9.59 Å². The first-order valence-corrected chi connectivity index (χ1v) is 8.11. The van der Waals surface area contributed by atoms with Gasteiger partial charge in [0.25, 0.3) is 0 Å². The van der Waals surface area contributed by atoms with Crippen LogP contribution in [0.3, 0.4) is 0 Å². The molecule has 6 heteroatoms. The molecule has 0 unspecified atom stereocenters. The van der Waals surface area contributed by atoms with Crippen molar-refractivity contribution in [2.75, 3.05) is 12.1 Å². The number of anilines is 1. The van der Waals surface area contributed by atoms with E-state index in [1.807, 2.05) is 36.4 Å². The highest BCUT2D eigenvalue weighted by Gasteiger charge is 2.43. The van der Waals surface area contributed by atoms with Crippen LogP contribution in [-0.2, 0) is 16.0 Å². The molecule has 2 aliphatic rings. The predicted octanol–water partition coefficient (Wildman–Crippen LogP) is 2.78. The van der Waals surface area contributed by atoms with E-state index < -0.39 is 5.97 Å². The van der Waals surface area contributed by atoms with Crippen LogP contribution in [-0.4, -0.2) is 23.8 Å². The zero-order valence-corrected chi connectivity index (χ0v) is 13.4. The maximum atomic E-state index is 12.2. The fourth-order valence-electron chi connectivity index (χ4n) is 3.09. The number of hydrogen-bond acceptors (Lipinski definition) is 4. The van der Waals surface area contributed by atoms with Gasteiger partial charge >= 0.3 is 5.97 Å². The van der Waals surface area contributed by atoms with Gasteiger partial charge in [0.1, 0.15) is 0 Å². The summed E-state index contributed by atoms with van der Waals surface area (Å²) in [6, 6.07) is 12.8. The Morgan fingerprint density at radius 3 is 2.56 bits per heavy atom. The Bertz CT molecular complexity index is 830. The summed E-state index contributed by atoms with van der Waals surface area (Å²) in [4.78, 5) is 23.1. The summed E-state index contributed by atoms with van der Waals surface area (Å²) in [5, 5.41) is 11.8. The molecule has 0 spiro atoms. The molecule has 2 aromatic rings. The SMILES string of the molecule is O=C(Cc1ccc2c(c1)OCO2)Nc1ccc([C@@H]2C[C@H]2C(=O)O)cc1. The largest absolute Gasteiger partial charge is 0.481 e. The standard InChI is InChI=1S/C19H17NO5/c21-18(8-11-1-6-16-17(7-11)25-10-24-16)20-13-4-2-12(3-5-13)14-9-15(14)19(22)23/h1-7,14-15H,8-10H2,(H,20,21)(H,22,23)/t14-,15+/m0/s1. The molecule has 2 atom stereocenters. The van der Waals surface area contributed by atoms with Crippen LogP contribution in [0.2, 0.25) is 0 Å². The smallest absolute Gasteiger partial charge is 0.307 e. The number of aliphatic carboxylic acids is 1. The molecule has 4 rings (SSSR count). The molecule has 1 amide bonds. The number of carboxylic acids is 1. The van der Waals surface area contributed by atoms with Crippen molar-refractivity contribution < 1.29 is 24.2 Å². The molecule has 25 heavy (non-hydrogen) atoms. The van der Waals surface area contributed by atoms with Crippen LogP contribution in [0, 0.1) is 5.92 Å². The maximum absolute atomic E-state index is 12.2. The molecule has 0 saturated heterocycles. The Morgan fingerprint density at radius 2 is 1.84 bits per heavy atom. The molecule has 2 N–H and O–H groups in total. The molecule has 1 aliphatic carbocycles. The first-order chi connectivity index (χ1) is 12.1. The third-order valence-corrected chi connectivity index (χ3v) is 4.53. The van der Waals surface area contributed by atoms with Crippen LogP contribution in [0.1, 0.15) is 23.5 Å². The normalized spacial score (nSPS) is 20.2. The lowest BCUT2D eigenvalue weighted by molar-refractivity contribution is -0.138. The summed E-state index contributed by atoms with van der Waals surface area (Å²) in [5.41, 5.74) is 2.55. The molecule has 0 radical (unpaired) electrons. The lowest BCUT2D eigenvalue weighted by atomic mass is 10.1. The quantitative estimate of drug-likeness (QED) is 0.875. The average Bonchev–Trinajstić information content (AvgIpc) is 3.26. The van der Waals surface area contributed by atoms with E-state index in [0.717, 1.165) is 11.1 Å². The van der Waals surface area contributed by atoms with Gasteiger partial charge < -0.3 is 19.9 Å². The van der Waals surface area contributed by atoms with Gasteiger partial charge in [0.15, 0.2) is 11.5 Å². The van der Waals surface area contributed by atoms with E-state index in [2.05, 4.69) is 5.32 Å². The van der Waals surface area contributed by atoms with Crippen LogP contribution in [0.15, 0.2) is 42.5 Å². The van der Waals surface area contributed by atoms with Gasteiger partial charge in [-0.2, -0.15) is 0 Å². The number of nitrogens with one attached hydrogen (secondary N) is 1. The van der Waals surface area contributed by atoms with Crippen LogP contribution >= 0.6 is 0 Å². The Kier molecular flexibility index (Phi) is 3.80. The minimum absolute atomic E-state index is 0.0934. The fourth-order valence-corrected chi connectivity index (χ4v) is 3.09. The van der Waals surface area contributed by atoms with Crippen molar-refractivity contribution in [1.82, 2.24) is 0 Å². The molecular formula is C19H17NO5. The van der Waals surface area contributed by atoms with E-state index in [-0.39, 0.29) is 31.0 Å². The minimum Gasteiger partial charge on any atom is -0.481 e. The number of carboxylic acid groups (broad SMARTS) is 1. The number of carbonyl (C=O) groups is 2. The topological polar surface area (TPSA) is 84.9 Å². The van der Waals surface area contributed by atoms with Gasteiger partial charge in [-0.1, -0.05) is 18.2 Å². The number of amides is 1.